The number of carboxylic acid groups (broad SMARTS) is 1. The smallest absolute Gasteiger partial charge is 0.326 e. The van der Waals surface area contributed by atoms with Gasteiger partial charge in [0.05, 0.1) is 4.88 Å². The zero-order valence-corrected chi connectivity index (χ0v) is 12.8. The molecule has 0 bridgehead atoms. The monoisotopic (exact) mass is 309 g/mol. The highest BCUT2D eigenvalue weighted by Gasteiger charge is 2.34. The molecule has 0 radical (unpaired) electrons. The van der Waals surface area contributed by atoms with Gasteiger partial charge in [-0.1, -0.05) is 13.0 Å². The topological polar surface area (TPSA) is 74.7 Å². The van der Waals surface area contributed by atoms with Gasteiger partial charge in [0.15, 0.2) is 5.78 Å². The quantitative estimate of drug-likeness (QED) is 0.848. The largest absolute Gasteiger partial charge is 0.480 e. The number of rotatable bonds is 5. The number of carboxylic acids is 1. The fourth-order valence-corrected chi connectivity index (χ4v) is 3.29. The highest BCUT2D eigenvalue weighted by atomic mass is 32.1. The van der Waals surface area contributed by atoms with E-state index in [1.54, 1.807) is 12.1 Å². The third-order valence-corrected chi connectivity index (χ3v) is 4.74. The molecule has 6 heteroatoms. The Hall–Kier alpha value is -1.69. The maximum Gasteiger partial charge on any atom is 0.326 e. The molecule has 114 valence electrons. The third-order valence-electron chi connectivity index (χ3n) is 3.83. The fraction of sp³-hybridized carbons (Fsp3) is 0.533. The lowest BCUT2D eigenvalue weighted by Gasteiger charge is -2.36. The Morgan fingerprint density at radius 2 is 2.14 bits per heavy atom. The van der Waals surface area contributed by atoms with Crippen LogP contribution >= 0.6 is 11.3 Å². The number of hydrogen-bond acceptors (Lipinski definition) is 4. The molecule has 1 saturated heterocycles. The predicted molar refractivity (Wildman–Crippen MR) is 79.4 cm³/mol. The van der Waals surface area contributed by atoms with Crippen molar-refractivity contribution >= 4 is 29.0 Å². The van der Waals surface area contributed by atoms with E-state index in [-0.39, 0.29) is 24.5 Å². The standard InChI is InChI=1S/C15H19NO4S/c1-10-6-7-16(11(9-10)15(19)20)14(18)5-4-12(17)13-3-2-8-21-13/h2-3,8,10-11H,4-7,9H2,1H3,(H,19,20). The summed E-state index contributed by atoms with van der Waals surface area (Å²) in [5.74, 6) is -0.947. The van der Waals surface area contributed by atoms with E-state index in [0.29, 0.717) is 23.8 Å². The normalized spacial score (nSPS) is 22.0. The number of ketones is 1. The van der Waals surface area contributed by atoms with Crippen molar-refractivity contribution in [3.05, 3.63) is 22.4 Å². The van der Waals surface area contributed by atoms with Crippen molar-refractivity contribution in [2.24, 2.45) is 5.92 Å². The average Bonchev–Trinajstić information content (AvgIpc) is 2.98. The number of likely N-dealkylation sites (tertiary alicyclic amines) is 1. The lowest BCUT2D eigenvalue weighted by molar-refractivity contribution is -0.153. The zero-order chi connectivity index (χ0) is 15.4. The Labute approximate surface area is 127 Å². The number of aliphatic carboxylic acids is 1. The molecule has 1 N–H and O–H groups in total. The zero-order valence-electron chi connectivity index (χ0n) is 11.9. The summed E-state index contributed by atoms with van der Waals surface area (Å²) in [6, 6.07) is 2.78. The molecule has 0 aromatic carbocycles. The number of amides is 1. The van der Waals surface area contributed by atoms with Crippen LogP contribution in [0.5, 0.6) is 0 Å². The van der Waals surface area contributed by atoms with Gasteiger partial charge in [0.2, 0.25) is 5.91 Å². The molecule has 1 amide bonds. The van der Waals surface area contributed by atoms with Crippen molar-refractivity contribution in [2.75, 3.05) is 6.54 Å². The molecule has 1 aliphatic heterocycles. The van der Waals surface area contributed by atoms with Crippen LogP contribution in [-0.2, 0) is 9.59 Å². The molecular weight excluding hydrogens is 290 g/mol. The lowest BCUT2D eigenvalue weighted by atomic mass is 9.92. The van der Waals surface area contributed by atoms with E-state index in [2.05, 4.69) is 0 Å². The van der Waals surface area contributed by atoms with E-state index in [0.717, 1.165) is 6.42 Å². The Morgan fingerprint density at radius 3 is 2.76 bits per heavy atom. The SMILES string of the molecule is CC1CCN(C(=O)CCC(=O)c2cccs2)C(C(=O)O)C1. The predicted octanol–water partition coefficient (Wildman–Crippen LogP) is 2.42. The van der Waals surface area contributed by atoms with Gasteiger partial charge in [-0.3, -0.25) is 9.59 Å². The van der Waals surface area contributed by atoms with Crippen LogP contribution in [0.2, 0.25) is 0 Å². The van der Waals surface area contributed by atoms with E-state index in [9.17, 15) is 19.5 Å². The van der Waals surface area contributed by atoms with Crippen molar-refractivity contribution in [3.8, 4) is 0 Å². The number of piperidine rings is 1. The maximum absolute atomic E-state index is 12.2. The number of Topliss-reactive ketones (excluding diaryl/α,β-unsaturated/α-hetero) is 1. The van der Waals surface area contributed by atoms with E-state index < -0.39 is 12.0 Å². The summed E-state index contributed by atoms with van der Waals surface area (Å²) in [6.07, 6.45) is 1.51. The summed E-state index contributed by atoms with van der Waals surface area (Å²) >= 11 is 1.36. The molecule has 2 atom stereocenters. The van der Waals surface area contributed by atoms with Gasteiger partial charge in [-0.2, -0.15) is 0 Å². The first-order chi connectivity index (χ1) is 9.99. The van der Waals surface area contributed by atoms with Gasteiger partial charge in [-0.25, -0.2) is 4.79 Å². The second-order valence-electron chi connectivity index (χ2n) is 5.47. The number of thiophene rings is 1. The summed E-state index contributed by atoms with van der Waals surface area (Å²) in [5, 5.41) is 11.1. The number of nitrogens with zero attached hydrogens (tertiary/aromatic N) is 1. The van der Waals surface area contributed by atoms with Crippen LogP contribution in [-0.4, -0.2) is 40.3 Å². The number of hydrogen-bond donors (Lipinski definition) is 1. The minimum Gasteiger partial charge on any atom is -0.480 e. The molecule has 2 unspecified atom stereocenters. The number of carbonyl (C=O) groups is 3. The van der Waals surface area contributed by atoms with Gasteiger partial charge < -0.3 is 10.0 Å². The summed E-state index contributed by atoms with van der Waals surface area (Å²) in [5.41, 5.74) is 0. The second-order valence-corrected chi connectivity index (χ2v) is 6.42. The van der Waals surface area contributed by atoms with Crippen LogP contribution in [0, 0.1) is 5.92 Å². The summed E-state index contributed by atoms with van der Waals surface area (Å²) in [4.78, 5) is 37.4. The summed E-state index contributed by atoms with van der Waals surface area (Å²) < 4.78 is 0. The van der Waals surface area contributed by atoms with E-state index >= 15 is 0 Å². The Balaban J connectivity index is 1.92. The van der Waals surface area contributed by atoms with Crippen molar-refractivity contribution in [2.45, 2.75) is 38.6 Å². The Kier molecular flexibility index (Phi) is 5.12. The number of carbonyl (C=O) groups excluding carboxylic acids is 2. The summed E-state index contributed by atoms with van der Waals surface area (Å²) in [6.45, 7) is 2.46. The molecule has 1 aliphatic rings. The molecule has 21 heavy (non-hydrogen) atoms. The van der Waals surface area contributed by atoms with Crippen LogP contribution in [0.25, 0.3) is 0 Å². The molecule has 0 saturated carbocycles. The van der Waals surface area contributed by atoms with Gasteiger partial charge in [0, 0.05) is 19.4 Å². The lowest BCUT2D eigenvalue weighted by Crippen LogP contribution is -2.49. The van der Waals surface area contributed by atoms with Gasteiger partial charge in [0.25, 0.3) is 0 Å². The van der Waals surface area contributed by atoms with Crippen LogP contribution in [0.3, 0.4) is 0 Å². The average molecular weight is 309 g/mol. The van der Waals surface area contributed by atoms with Gasteiger partial charge in [-0.05, 0) is 30.2 Å². The molecule has 1 fully saturated rings. The van der Waals surface area contributed by atoms with E-state index in [1.165, 1.54) is 16.2 Å². The highest BCUT2D eigenvalue weighted by molar-refractivity contribution is 7.12. The van der Waals surface area contributed by atoms with Crippen LogP contribution in [0.15, 0.2) is 17.5 Å². The van der Waals surface area contributed by atoms with Crippen molar-refractivity contribution in [3.63, 3.8) is 0 Å². The van der Waals surface area contributed by atoms with E-state index in [1.807, 2.05) is 12.3 Å². The van der Waals surface area contributed by atoms with Crippen molar-refractivity contribution in [1.82, 2.24) is 4.90 Å². The van der Waals surface area contributed by atoms with Crippen molar-refractivity contribution in [1.29, 1.82) is 0 Å². The first kappa shape index (κ1) is 15.7. The van der Waals surface area contributed by atoms with Crippen molar-refractivity contribution < 1.29 is 19.5 Å². The highest BCUT2D eigenvalue weighted by Crippen LogP contribution is 2.24. The second kappa shape index (κ2) is 6.85. The van der Waals surface area contributed by atoms with Crippen LogP contribution in [0.4, 0.5) is 0 Å². The molecule has 0 aliphatic carbocycles. The Morgan fingerprint density at radius 1 is 1.38 bits per heavy atom. The van der Waals surface area contributed by atoms with Crippen LogP contribution < -0.4 is 0 Å². The van der Waals surface area contributed by atoms with Gasteiger partial charge in [0.1, 0.15) is 6.04 Å². The third kappa shape index (κ3) is 3.91. The first-order valence-corrected chi connectivity index (χ1v) is 7.96. The molecule has 2 heterocycles. The summed E-state index contributed by atoms with van der Waals surface area (Å²) in [7, 11) is 0. The first-order valence-electron chi connectivity index (χ1n) is 7.08. The van der Waals surface area contributed by atoms with Crippen LogP contribution in [0.1, 0.15) is 42.3 Å². The van der Waals surface area contributed by atoms with Gasteiger partial charge in [-0.15, -0.1) is 11.3 Å². The molecule has 1 aromatic rings. The Bertz CT molecular complexity index is 526. The molecular formula is C15H19NO4S. The van der Waals surface area contributed by atoms with Gasteiger partial charge >= 0.3 is 5.97 Å². The molecule has 2 rings (SSSR count). The molecule has 0 spiro atoms. The molecule has 5 nitrogen and oxygen atoms in total. The van der Waals surface area contributed by atoms with E-state index in [4.69, 9.17) is 0 Å². The maximum atomic E-state index is 12.2. The fourth-order valence-electron chi connectivity index (χ4n) is 2.60. The molecule has 1 aromatic heterocycles. The minimum atomic E-state index is -0.959. The minimum absolute atomic E-state index is 0.0596.